The summed E-state index contributed by atoms with van der Waals surface area (Å²) in [6.07, 6.45) is 4.56. The highest BCUT2D eigenvalue weighted by atomic mass is 32.1. The minimum absolute atomic E-state index is 0.141. The lowest BCUT2D eigenvalue weighted by atomic mass is 10.1. The summed E-state index contributed by atoms with van der Waals surface area (Å²) in [6.45, 7) is 3.84. The molecule has 3 heterocycles. The predicted octanol–water partition coefficient (Wildman–Crippen LogP) is 3.90. The number of pyridine rings is 1. The van der Waals surface area contributed by atoms with Crippen molar-refractivity contribution in [2.75, 3.05) is 5.32 Å². The molecule has 0 saturated carbocycles. The lowest BCUT2D eigenvalue weighted by molar-refractivity contribution is 0.103. The van der Waals surface area contributed by atoms with E-state index < -0.39 is 0 Å². The number of anilines is 1. The van der Waals surface area contributed by atoms with E-state index in [0.717, 1.165) is 22.5 Å². The van der Waals surface area contributed by atoms with Gasteiger partial charge in [0.15, 0.2) is 5.13 Å². The van der Waals surface area contributed by atoms with Gasteiger partial charge in [-0.1, -0.05) is 24.3 Å². The maximum absolute atomic E-state index is 12.7. The van der Waals surface area contributed by atoms with Gasteiger partial charge in [0, 0.05) is 29.5 Å². The van der Waals surface area contributed by atoms with Crippen molar-refractivity contribution in [2.45, 2.75) is 20.3 Å². The Balaban J connectivity index is 1.64. The molecule has 136 valence electrons. The summed E-state index contributed by atoms with van der Waals surface area (Å²) in [6, 6.07) is 11.0. The van der Waals surface area contributed by atoms with Crippen molar-refractivity contribution in [2.24, 2.45) is 0 Å². The Morgan fingerprint density at radius 1 is 1.26 bits per heavy atom. The fourth-order valence-corrected chi connectivity index (χ4v) is 3.99. The Bertz CT molecular complexity index is 1190. The first-order valence-corrected chi connectivity index (χ1v) is 9.45. The van der Waals surface area contributed by atoms with Crippen LogP contribution in [0.2, 0.25) is 0 Å². The molecule has 4 rings (SSSR count). The number of rotatable bonds is 4. The Morgan fingerprint density at radius 3 is 2.78 bits per heavy atom. The van der Waals surface area contributed by atoms with E-state index in [1.165, 1.54) is 11.3 Å². The summed E-state index contributed by atoms with van der Waals surface area (Å²) < 4.78 is 1.88. The highest BCUT2D eigenvalue weighted by Crippen LogP contribution is 2.24. The normalized spacial score (nSPS) is 11.0. The molecule has 0 radical (unpaired) electrons. The summed E-state index contributed by atoms with van der Waals surface area (Å²) in [5.74, 6) is -0.211. The second-order valence-corrected chi connectivity index (χ2v) is 7.21. The summed E-state index contributed by atoms with van der Waals surface area (Å²) >= 11 is 1.34. The van der Waals surface area contributed by atoms with Crippen molar-refractivity contribution >= 4 is 33.8 Å². The monoisotopic (exact) mass is 378 g/mol. The van der Waals surface area contributed by atoms with Crippen LogP contribution in [0.25, 0.3) is 16.0 Å². The average Bonchev–Trinajstić information content (AvgIpc) is 3.30. The molecule has 0 aliphatic rings. The second kappa shape index (κ2) is 6.85. The molecule has 6 nitrogen and oxygen atoms in total. The molecule has 2 N–H and O–H groups in total. The number of aromatic amines is 1. The number of benzene rings is 1. The van der Waals surface area contributed by atoms with Gasteiger partial charge in [-0.15, -0.1) is 0 Å². The first-order valence-electron chi connectivity index (χ1n) is 8.63. The minimum atomic E-state index is -0.211. The van der Waals surface area contributed by atoms with Crippen LogP contribution >= 0.6 is 11.3 Å². The molecule has 0 fully saturated rings. The van der Waals surface area contributed by atoms with Crippen LogP contribution in [-0.2, 0) is 6.42 Å². The molecule has 0 aliphatic heterocycles. The topological polar surface area (TPSA) is 79.8 Å². The zero-order valence-electron chi connectivity index (χ0n) is 14.9. The molecular weight excluding hydrogens is 360 g/mol. The molecule has 4 aromatic rings. The van der Waals surface area contributed by atoms with Gasteiger partial charge in [0.25, 0.3) is 5.91 Å². The fraction of sp³-hybridized carbons (Fsp3) is 0.150. The number of H-pyrrole nitrogens is 1. The van der Waals surface area contributed by atoms with Crippen LogP contribution in [0.4, 0.5) is 5.69 Å². The SMILES string of the molecule is CCc1cc(=O)[nH]c2cc(NC(=O)c3sc(-n4cccc4)nc3C)ccc12. The number of fused-ring (bicyclic) bond motifs is 1. The van der Waals surface area contributed by atoms with E-state index in [2.05, 4.69) is 15.3 Å². The van der Waals surface area contributed by atoms with Crippen LogP contribution < -0.4 is 10.9 Å². The number of thiazole rings is 1. The quantitative estimate of drug-likeness (QED) is 0.565. The summed E-state index contributed by atoms with van der Waals surface area (Å²) in [4.78, 5) is 32.4. The number of hydrogen-bond donors (Lipinski definition) is 2. The van der Waals surface area contributed by atoms with Crippen LogP contribution in [-0.4, -0.2) is 20.4 Å². The van der Waals surface area contributed by atoms with Crippen LogP contribution in [0.1, 0.15) is 27.9 Å². The Hall–Kier alpha value is -3.19. The first-order chi connectivity index (χ1) is 13.0. The van der Waals surface area contributed by atoms with Gasteiger partial charge in [-0.25, -0.2) is 4.98 Å². The van der Waals surface area contributed by atoms with Gasteiger partial charge in [-0.2, -0.15) is 0 Å². The van der Waals surface area contributed by atoms with Crippen LogP contribution in [0, 0.1) is 6.92 Å². The molecule has 3 aromatic heterocycles. The molecule has 0 saturated heterocycles. The Labute approximate surface area is 159 Å². The van der Waals surface area contributed by atoms with Crippen LogP contribution in [0.5, 0.6) is 0 Å². The van der Waals surface area contributed by atoms with Crippen molar-refractivity contribution in [3.63, 3.8) is 0 Å². The van der Waals surface area contributed by atoms with Crippen molar-refractivity contribution in [1.82, 2.24) is 14.5 Å². The van der Waals surface area contributed by atoms with Gasteiger partial charge in [-0.05, 0) is 43.2 Å². The lowest BCUT2D eigenvalue weighted by Gasteiger charge is -2.08. The zero-order valence-corrected chi connectivity index (χ0v) is 15.8. The van der Waals surface area contributed by atoms with E-state index in [0.29, 0.717) is 21.8 Å². The molecule has 0 aliphatic carbocycles. The van der Waals surface area contributed by atoms with E-state index in [9.17, 15) is 9.59 Å². The molecule has 7 heteroatoms. The first kappa shape index (κ1) is 17.2. The van der Waals surface area contributed by atoms with Crippen molar-refractivity contribution < 1.29 is 4.79 Å². The average molecular weight is 378 g/mol. The van der Waals surface area contributed by atoms with E-state index in [1.54, 1.807) is 12.1 Å². The third-order valence-electron chi connectivity index (χ3n) is 4.38. The van der Waals surface area contributed by atoms with Gasteiger partial charge in [-0.3, -0.25) is 9.59 Å². The highest BCUT2D eigenvalue weighted by molar-refractivity contribution is 7.16. The number of nitrogens with zero attached hydrogens (tertiary/aromatic N) is 2. The van der Waals surface area contributed by atoms with Gasteiger partial charge >= 0.3 is 0 Å². The maximum Gasteiger partial charge on any atom is 0.267 e. The summed E-state index contributed by atoms with van der Waals surface area (Å²) in [7, 11) is 0. The van der Waals surface area contributed by atoms with E-state index in [4.69, 9.17) is 0 Å². The zero-order chi connectivity index (χ0) is 19.0. The minimum Gasteiger partial charge on any atom is -0.322 e. The molecule has 27 heavy (non-hydrogen) atoms. The van der Waals surface area contributed by atoms with Crippen molar-refractivity contribution in [3.8, 4) is 5.13 Å². The van der Waals surface area contributed by atoms with Gasteiger partial charge in [0.2, 0.25) is 5.56 Å². The Kier molecular flexibility index (Phi) is 4.37. The molecule has 0 bridgehead atoms. The van der Waals surface area contributed by atoms with E-state index >= 15 is 0 Å². The van der Waals surface area contributed by atoms with E-state index in [1.807, 2.05) is 55.1 Å². The van der Waals surface area contributed by atoms with Gasteiger partial charge in [0.1, 0.15) is 4.88 Å². The summed E-state index contributed by atoms with van der Waals surface area (Å²) in [5.41, 5.74) is 2.88. The van der Waals surface area contributed by atoms with Gasteiger partial charge in [0.05, 0.1) is 11.2 Å². The molecule has 0 spiro atoms. The predicted molar refractivity (Wildman–Crippen MR) is 108 cm³/mol. The lowest BCUT2D eigenvalue weighted by Crippen LogP contribution is -2.12. The summed E-state index contributed by atoms with van der Waals surface area (Å²) in [5, 5.41) is 4.64. The van der Waals surface area contributed by atoms with E-state index in [-0.39, 0.29) is 11.5 Å². The number of aryl methyl sites for hydroxylation is 2. The highest BCUT2D eigenvalue weighted by Gasteiger charge is 2.16. The largest absolute Gasteiger partial charge is 0.322 e. The number of carbonyl (C=O) groups is 1. The fourth-order valence-electron chi connectivity index (χ4n) is 3.06. The van der Waals surface area contributed by atoms with Crippen LogP contribution in [0.15, 0.2) is 53.6 Å². The second-order valence-electron chi connectivity index (χ2n) is 6.23. The van der Waals surface area contributed by atoms with Crippen molar-refractivity contribution in [1.29, 1.82) is 0 Å². The Morgan fingerprint density at radius 2 is 2.04 bits per heavy atom. The number of carbonyl (C=O) groups excluding carboxylic acids is 1. The number of nitrogens with one attached hydrogen (secondary N) is 2. The van der Waals surface area contributed by atoms with Crippen molar-refractivity contribution in [3.05, 3.63) is 75.3 Å². The molecular formula is C20H18N4O2S. The number of aromatic nitrogens is 3. The molecule has 1 amide bonds. The number of hydrogen-bond acceptors (Lipinski definition) is 4. The smallest absolute Gasteiger partial charge is 0.267 e. The maximum atomic E-state index is 12.7. The molecule has 0 atom stereocenters. The molecule has 0 unspecified atom stereocenters. The molecule has 1 aromatic carbocycles. The third kappa shape index (κ3) is 3.29. The number of amides is 1. The van der Waals surface area contributed by atoms with Gasteiger partial charge < -0.3 is 14.9 Å². The van der Waals surface area contributed by atoms with Crippen LogP contribution in [0.3, 0.4) is 0 Å². The third-order valence-corrected chi connectivity index (χ3v) is 5.55. The standard InChI is InChI=1S/C20H18N4O2S/c1-3-13-10-17(25)23-16-11-14(6-7-15(13)16)22-19(26)18-12(2)21-20(27-18)24-8-4-5-9-24/h4-11H,3H2,1-2H3,(H,22,26)(H,23,25).